The van der Waals surface area contributed by atoms with Crippen LogP contribution >= 0.6 is 0 Å². The summed E-state index contributed by atoms with van der Waals surface area (Å²) in [7, 11) is 1.83. The van der Waals surface area contributed by atoms with Gasteiger partial charge in [-0.1, -0.05) is 0 Å². The molecule has 5 heteroatoms. The molecule has 1 saturated heterocycles. The lowest BCUT2D eigenvalue weighted by atomic mass is 10.1. The first-order valence-corrected chi connectivity index (χ1v) is 6.86. The van der Waals surface area contributed by atoms with Gasteiger partial charge in [0.25, 0.3) is 0 Å². The van der Waals surface area contributed by atoms with E-state index in [0.717, 1.165) is 32.2 Å². The van der Waals surface area contributed by atoms with Crippen molar-refractivity contribution in [2.75, 3.05) is 26.7 Å². The number of hydrogen-bond acceptors (Lipinski definition) is 3. The maximum Gasteiger partial charge on any atom is 0.225 e. The fourth-order valence-corrected chi connectivity index (χ4v) is 2.87. The van der Waals surface area contributed by atoms with E-state index >= 15 is 0 Å². The van der Waals surface area contributed by atoms with E-state index in [2.05, 4.69) is 0 Å². The highest BCUT2D eigenvalue weighted by Gasteiger charge is 2.30. The van der Waals surface area contributed by atoms with Crippen molar-refractivity contribution >= 4 is 11.8 Å². The Morgan fingerprint density at radius 2 is 2.28 bits per heavy atom. The first-order chi connectivity index (χ1) is 8.58. The number of rotatable bonds is 4. The molecule has 0 aromatic heterocycles. The molecule has 1 aliphatic heterocycles. The molecule has 18 heavy (non-hydrogen) atoms. The third-order valence-electron chi connectivity index (χ3n) is 4.08. The lowest BCUT2D eigenvalue weighted by Gasteiger charge is -2.24. The van der Waals surface area contributed by atoms with E-state index in [4.69, 9.17) is 5.73 Å². The molecule has 2 rings (SSSR count). The molecule has 0 unspecified atom stereocenters. The normalized spacial score (nSPS) is 27.9. The summed E-state index contributed by atoms with van der Waals surface area (Å²) in [5.74, 6) is 0.507. The first kappa shape index (κ1) is 13.3. The predicted octanol–water partition coefficient (Wildman–Crippen LogP) is 0.195. The van der Waals surface area contributed by atoms with Crippen LogP contribution in [0, 0.1) is 5.92 Å². The van der Waals surface area contributed by atoms with Crippen LogP contribution in [0.2, 0.25) is 0 Å². The van der Waals surface area contributed by atoms with E-state index in [-0.39, 0.29) is 23.8 Å². The second-order valence-electron chi connectivity index (χ2n) is 5.51. The quantitative estimate of drug-likeness (QED) is 0.778. The van der Waals surface area contributed by atoms with Gasteiger partial charge in [-0.25, -0.2) is 0 Å². The van der Waals surface area contributed by atoms with Gasteiger partial charge >= 0.3 is 0 Å². The Hall–Kier alpha value is -1.10. The van der Waals surface area contributed by atoms with Crippen LogP contribution in [0.3, 0.4) is 0 Å². The van der Waals surface area contributed by atoms with E-state index in [9.17, 15) is 9.59 Å². The van der Waals surface area contributed by atoms with Crippen molar-refractivity contribution in [2.24, 2.45) is 11.7 Å². The highest BCUT2D eigenvalue weighted by molar-refractivity contribution is 5.79. The Morgan fingerprint density at radius 3 is 2.83 bits per heavy atom. The summed E-state index contributed by atoms with van der Waals surface area (Å²) in [6, 6.07) is 0.188. The maximum atomic E-state index is 12.1. The highest BCUT2D eigenvalue weighted by Crippen LogP contribution is 2.25. The van der Waals surface area contributed by atoms with Crippen LogP contribution in [0.15, 0.2) is 0 Å². The van der Waals surface area contributed by atoms with Gasteiger partial charge in [0.15, 0.2) is 0 Å². The average molecular weight is 253 g/mol. The molecule has 102 valence electrons. The van der Waals surface area contributed by atoms with Gasteiger partial charge < -0.3 is 15.5 Å². The molecule has 0 radical (unpaired) electrons. The smallest absolute Gasteiger partial charge is 0.225 e. The van der Waals surface area contributed by atoms with Gasteiger partial charge in [0.2, 0.25) is 11.8 Å². The van der Waals surface area contributed by atoms with Gasteiger partial charge in [0.05, 0.1) is 0 Å². The zero-order valence-corrected chi connectivity index (χ0v) is 11.1. The third kappa shape index (κ3) is 3.02. The number of carbonyl (C=O) groups excluding carboxylic acids is 2. The molecule has 1 aliphatic carbocycles. The summed E-state index contributed by atoms with van der Waals surface area (Å²) in [5, 5.41) is 0. The molecule has 1 heterocycles. The molecule has 2 aliphatic rings. The fraction of sp³-hybridized carbons (Fsp3) is 0.846. The van der Waals surface area contributed by atoms with Gasteiger partial charge in [-0.2, -0.15) is 0 Å². The van der Waals surface area contributed by atoms with Crippen LogP contribution in [0.1, 0.15) is 32.1 Å². The maximum absolute atomic E-state index is 12.1. The summed E-state index contributed by atoms with van der Waals surface area (Å²) in [6.07, 6.45) is 4.29. The van der Waals surface area contributed by atoms with Crippen molar-refractivity contribution in [3.8, 4) is 0 Å². The number of likely N-dealkylation sites (tertiary alicyclic amines) is 1. The molecule has 2 atom stereocenters. The topological polar surface area (TPSA) is 66.6 Å². The van der Waals surface area contributed by atoms with Crippen molar-refractivity contribution in [1.29, 1.82) is 0 Å². The molecular weight excluding hydrogens is 230 g/mol. The minimum absolute atomic E-state index is 0.0966. The summed E-state index contributed by atoms with van der Waals surface area (Å²) in [5.41, 5.74) is 5.83. The molecule has 0 aromatic rings. The number of carbonyl (C=O) groups is 2. The summed E-state index contributed by atoms with van der Waals surface area (Å²) >= 11 is 0. The monoisotopic (exact) mass is 253 g/mol. The van der Waals surface area contributed by atoms with Gasteiger partial charge in [0, 0.05) is 45.1 Å². The standard InChI is InChI=1S/C13H23N3O2/c1-15(7-8-16-6-2-3-12(16)17)13(18)10-4-5-11(14)9-10/h10-11H,2-9,14H2,1H3/t10-,11+/m1/s1. The summed E-state index contributed by atoms with van der Waals surface area (Å²) in [6.45, 7) is 2.14. The van der Waals surface area contributed by atoms with E-state index in [1.165, 1.54) is 0 Å². The molecule has 0 bridgehead atoms. The van der Waals surface area contributed by atoms with E-state index < -0.39 is 0 Å². The van der Waals surface area contributed by atoms with Crippen molar-refractivity contribution in [3.05, 3.63) is 0 Å². The molecule has 5 nitrogen and oxygen atoms in total. The lowest BCUT2D eigenvalue weighted by Crippen LogP contribution is -2.39. The van der Waals surface area contributed by atoms with E-state index in [0.29, 0.717) is 19.5 Å². The molecule has 2 N–H and O–H groups in total. The van der Waals surface area contributed by atoms with E-state index in [1.54, 1.807) is 4.90 Å². The number of amides is 2. The van der Waals surface area contributed by atoms with Crippen molar-refractivity contribution in [1.82, 2.24) is 9.80 Å². The first-order valence-electron chi connectivity index (χ1n) is 6.86. The second-order valence-corrected chi connectivity index (χ2v) is 5.51. The molecular formula is C13H23N3O2. The van der Waals surface area contributed by atoms with Gasteiger partial charge in [0.1, 0.15) is 0 Å². The minimum atomic E-state index is 0.0966. The Labute approximate surface area is 108 Å². The van der Waals surface area contributed by atoms with E-state index in [1.807, 2.05) is 11.9 Å². The minimum Gasteiger partial charge on any atom is -0.344 e. The van der Waals surface area contributed by atoms with Crippen LogP contribution in [0.25, 0.3) is 0 Å². The van der Waals surface area contributed by atoms with Crippen LogP contribution in [-0.4, -0.2) is 54.3 Å². The Morgan fingerprint density at radius 1 is 1.50 bits per heavy atom. The largest absolute Gasteiger partial charge is 0.344 e. The summed E-state index contributed by atoms with van der Waals surface area (Å²) in [4.78, 5) is 27.2. The van der Waals surface area contributed by atoms with Gasteiger partial charge in [-0.3, -0.25) is 9.59 Å². The number of hydrogen-bond donors (Lipinski definition) is 1. The molecule has 2 fully saturated rings. The third-order valence-corrected chi connectivity index (χ3v) is 4.08. The summed E-state index contributed by atoms with van der Waals surface area (Å²) < 4.78 is 0. The van der Waals surface area contributed by atoms with Gasteiger partial charge in [-0.15, -0.1) is 0 Å². The van der Waals surface area contributed by atoms with Crippen molar-refractivity contribution in [2.45, 2.75) is 38.1 Å². The van der Waals surface area contributed by atoms with Gasteiger partial charge in [-0.05, 0) is 25.7 Å². The van der Waals surface area contributed by atoms with Crippen LogP contribution in [0.4, 0.5) is 0 Å². The predicted molar refractivity (Wildman–Crippen MR) is 68.8 cm³/mol. The lowest BCUT2D eigenvalue weighted by molar-refractivity contribution is -0.135. The Bertz CT molecular complexity index is 332. The molecule has 0 spiro atoms. The zero-order chi connectivity index (χ0) is 13.1. The molecule has 0 aromatic carbocycles. The number of nitrogens with zero attached hydrogens (tertiary/aromatic N) is 2. The average Bonchev–Trinajstić information content (AvgIpc) is 2.94. The SMILES string of the molecule is CN(CCN1CCCC1=O)C(=O)[C@@H]1CC[C@H](N)C1. The van der Waals surface area contributed by atoms with Crippen LogP contribution < -0.4 is 5.73 Å². The van der Waals surface area contributed by atoms with Crippen LogP contribution in [-0.2, 0) is 9.59 Å². The number of nitrogens with two attached hydrogens (primary N) is 1. The molecule has 1 saturated carbocycles. The number of likely N-dealkylation sites (N-methyl/N-ethyl adjacent to an activating group) is 1. The Kier molecular flexibility index (Phi) is 4.22. The van der Waals surface area contributed by atoms with Crippen LogP contribution in [0.5, 0.6) is 0 Å². The Balaban J connectivity index is 1.75. The fourth-order valence-electron chi connectivity index (χ4n) is 2.87. The molecule has 2 amide bonds. The van der Waals surface area contributed by atoms with Crippen molar-refractivity contribution < 1.29 is 9.59 Å². The second kappa shape index (κ2) is 5.69. The van der Waals surface area contributed by atoms with Crippen molar-refractivity contribution in [3.63, 3.8) is 0 Å². The zero-order valence-electron chi connectivity index (χ0n) is 11.1. The highest BCUT2D eigenvalue weighted by atomic mass is 16.2.